The first-order valence-corrected chi connectivity index (χ1v) is 7.58. The van der Waals surface area contributed by atoms with E-state index in [9.17, 15) is 4.79 Å². The Kier molecular flexibility index (Phi) is 5.59. The molecule has 2 aromatic rings. The van der Waals surface area contributed by atoms with Gasteiger partial charge in [-0.2, -0.15) is 0 Å². The molecular weight excluding hydrogens is 276 g/mol. The number of ether oxygens (including phenoxy) is 1. The molecule has 0 radical (unpaired) electrons. The molecule has 1 N–H and O–H groups in total. The number of benzene rings is 2. The van der Waals surface area contributed by atoms with Gasteiger partial charge in [0.25, 0.3) is 0 Å². The van der Waals surface area contributed by atoms with Gasteiger partial charge in [0.1, 0.15) is 12.4 Å². The van der Waals surface area contributed by atoms with Crippen LogP contribution in [0.4, 0.5) is 0 Å². The van der Waals surface area contributed by atoms with Crippen LogP contribution in [0.25, 0.3) is 0 Å². The summed E-state index contributed by atoms with van der Waals surface area (Å²) in [5.41, 5.74) is 2.45. The van der Waals surface area contributed by atoms with E-state index in [-0.39, 0.29) is 5.56 Å². The smallest absolute Gasteiger partial charge is 0.335 e. The van der Waals surface area contributed by atoms with E-state index in [2.05, 4.69) is 26.0 Å². The van der Waals surface area contributed by atoms with Gasteiger partial charge >= 0.3 is 5.97 Å². The normalized spacial score (nSPS) is 10.7. The van der Waals surface area contributed by atoms with Gasteiger partial charge in [-0.25, -0.2) is 4.79 Å². The predicted molar refractivity (Wildman–Crippen MR) is 87.3 cm³/mol. The first-order valence-electron chi connectivity index (χ1n) is 7.58. The SMILES string of the molecule is CC(C)CCc1ccc(OCc2cccc(C(=O)O)c2)cc1. The van der Waals surface area contributed by atoms with E-state index in [1.807, 2.05) is 18.2 Å². The Labute approximate surface area is 131 Å². The summed E-state index contributed by atoms with van der Waals surface area (Å²) in [5, 5.41) is 8.97. The lowest BCUT2D eigenvalue weighted by atomic mass is 10.0. The van der Waals surface area contributed by atoms with E-state index in [4.69, 9.17) is 9.84 Å². The van der Waals surface area contributed by atoms with E-state index < -0.39 is 5.97 Å². The molecule has 0 aromatic heterocycles. The Morgan fingerprint density at radius 3 is 2.45 bits per heavy atom. The third-order valence-corrected chi connectivity index (χ3v) is 3.51. The highest BCUT2D eigenvalue weighted by molar-refractivity contribution is 5.87. The zero-order valence-electron chi connectivity index (χ0n) is 13.1. The van der Waals surface area contributed by atoms with Crippen molar-refractivity contribution in [2.24, 2.45) is 5.92 Å². The fourth-order valence-corrected chi connectivity index (χ4v) is 2.17. The lowest BCUT2D eigenvalue weighted by molar-refractivity contribution is 0.0696. The number of carbonyl (C=O) groups is 1. The third-order valence-electron chi connectivity index (χ3n) is 3.51. The van der Waals surface area contributed by atoms with Crippen molar-refractivity contribution in [2.75, 3.05) is 0 Å². The van der Waals surface area contributed by atoms with E-state index in [0.717, 1.165) is 17.7 Å². The van der Waals surface area contributed by atoms with E-state index in [0.29, 0.717) is 12.5 Å². The summed E-state index contributed by atoms with van der Waals surface area (Å²) in [6, 6.07) is 14.9. The predicted octanol–water partition coefficient (Wildman–Crippen LogP) is 4.55. The Balaban J connectivity index is 1.91. The van der Waals surface area contributed by atoms with Crippen molar-refractivity contribution >= 4 is 5.97 Å². The summed E-state index contributed by atoms with van der Waals surface area (Å²) in [6.45, 7) is 4.82. The number of hydrogen-bond acceptors (Lipinski definition) is 2. The lowest BCUT2D eigenvalue weighted by Gasteiger charge is -2.09. The molecule has 0 heterocycles. The first-order chi connectivity index (χ1) is 10.5. The van der Waals surface area contributed by atoms with Crippen LogP contribution in [0.3, 0.4) is 0 Å². The van der Waals surface area contributed by atoms with Crippen molar-refractivity contribution in [1.29, 1.82) is 0 Å². The second-order valence-electron chi connectivity index (χ2n) is 5.87. The van der Waals surface area contributed by atoms with Crippen LogP contribution in [-0.2, 0) is 13.0 Å². The summed E-state index contributed by atoms with van der Waals surface area (Å²) in [4.78, 5) is 10.9. The van der Waals surface area contributed by atoms with Gasteiger partial charge in [0.2, 0.25) is 0 Å². The van der Waals surface area contributed by atoms with Gasteiger partial charge in [0, 0.05) is 0 Å². The fourth-order valence-electron chi connectivity index (χ4n) is 2.17. The highest BCUT2D eigenvalue weighted by Gasteiger charge is 2.04. The molecular formula is C19H22O3. The Bertz CT molecular complexity index is 615. The topological polar surface area (TPSA) is 46.5 Å². The standard InChI is InChI=1S/C19H22O3/c1-14(2)6-7-15-8-10-18(11-9-15)22-13-16-4-3-5-17(12-16)19(20)21/h3-5,8-12,14H,6-7,13H2,1-2H3,(H,20,21). The summed E-state index contributed by atoms with van der Waals surface area (Å²) < 4.78 is 5.71. The molecule has 0 aliphatic carbocycles. The maximum atomic E-state index is 10.9. The van der Waals surface area contributed by atoms with Crippen molar-refractivity contribution in [1.82, 2.24) is 0 Å². The summed E-state index contributed by atoms with van der Waals surface area (Å²) in [5.74, 6) is 0.586. The zero-order valence-corrected chi connectivity index (χ0v) is 13.1. The molecule has 0 amide bonds. The largest absolute Gasteiger partial charge is 0.489 e. The molecule has 3 nitrogen and oxygen atoms in total. The minimum absolute atomic E-state index is 0.283. The van der Waals surface area contributed by atoms with Gasteiger partial charge in [-0.15, -0.1) is 0 Å². The van der Waals surface area contributed by atoms with Crippen LogP contribution in [0.5, 0.6) is 5.75 Å². The quantitative estimate of drug-likeness (QED) is 0.815. The number of carboxylic acids is 1. The molecule has 2 aromatic carbocycles. The van der Waals surface area contributed by atoms with Gasteiger partial charge < -0.3 is 9.84 Å². The maximum absolute atomic E-state index is 10.9. The van der Waals surface area contributed by atoms with Crippen molar-refractivity contribution in [3.05, 3.63) is 65.2 Å². The van der Waals surface area contributed by atoms with Gasteiger partial charge in [-0.3, -0.25) is 0 Å². The zero-order chi connectivity index (χ0) is 15.9. The minimum atomic E-state index is -0.920. The van der Waals surface area contributed by atoms with Crippen LogP contribution in [0.1, 0.15) is 41.8 Å². The Morgan fingerprint density at radius 2 is 1.82 bits per heavy atom. The maximum Gasteiger partial charge on any atom is 0.335 e. The van der Waals surface area contributed by atoms with Gasteiger partial charge in [0.15, 0.2) is 0 Å². The second kappa shape index (κ2) is 7.64. The van der Waals surface area contributed by atoms with E-state index >= 15 is 0 Å². The molecule has 0 saturated carbocycles. The van der Waals surface area contributed by atoms with Crippen LogP contribution in [0.15, 0.2) is 48.5 Å². The van der Waals surface area contributed by atoms with Crippen molar-refractivity contribution in [3.63, 3.8) is 0 Å². The Hall–Kier alpha value is -2.29. The summed E-state index contributed by atoms with van der Waals surface area (Å²) in [6.07, 6.45) is 2.26. The molecule has 0 unspecified atom stereocenters. The second-order valence-corrected chi connectivity index (χ2v) is 5.87. The number of aryl methyl sites for hydroxylation is 1. The van der Waals surface area contributed by atoms with Crippen LogP contribution in [0.2, 0.25) is 0 Å². The van der Waals surface area contributed by atoms with Gasteiger partial charge in [-0.05, 0) is 54.2 Å². The van der Waals surface area contributed by atoms with Gasteiger partial charge in [0.05, 0.1) is 5.56 Å². The van der Waals surface area contributed by atoms with Crippen molar-refractivity contribution < 1.29 is 14.6 Å². The molecule has 116 valence electrons. The van der Waals surface area contributed by atoms with E-state index in [1.54, 1.807) is 18.2 Å². The van der Waals surface area contributed by atoms with Crippen LogP contribution in [0, 0.1) is 5.92 Å². The highest BCUT2D eigenvalue weighted by Crippen LogP contribution is 2.17. The molecule has 0 saturated heterocycles. The van der Waals surface area contributed by atoms with Crippen LogP contribution < -0.4 is 4.74 Å². The van der Waals surface area contributed by atoms with E-state index in [1.165, 1.54) is 12.0 Å². The molecule has 0 bridgehead atoms. The van der Waals surface area contributed by atoms with Crippen molar-refractivity contribution in [2.45, 2.75) is 33.3 Å². The highest BCUT2D eigenvalue weighted by atomic mass is 16.5. The monoisotopic (exact) mass is 298 g/mol. The number of rotatable bonds is 7. The third kappa shape index (κ3) is 4.92. The summed E-state index contributed by atoms with van der Waals surface area (Å²) >= 11 is 0. The molecule has 0 atom stereocenters. The van der Waals surface area contributed by atoms with Crippen LogP contribution >= 0.6 is 0 Å². The molecule has 0 aliphatic heterocycles. The number of hydrogen-bond donors (Lipinski definition) is 1. The number of aromatic carboxylic acids is 1. The fraction of sp³-hybridized carbons (Fsp3) is 0.316. The number of carboxylic acid groups (broad SMARTS) is 1. The molecule has 2 rings (SSSR count). The minimum Gasteiger partial charge on any atom is -0.489 e. The Morgan fingerprint density at radius 1 is 1.09 bits per heavy atom. The van der Waals surface area contributed by atoms with Gasteiger partial charge in [-0.1, -0.05) is 38.1 Å². The summed E-state index contributed by atoms with van der Waals surface area (Å²) in [7, 11) is 0. The molecule has 22 heavy (non-hydrogen) atoms. The van der Waals surface area contributed by atoms with Crippen LogP contribution in [-0.4, -0.2) is 11.1 Å². The first kappa shape index (κ1) is 16.1. The molecule has 3 heteroatoms. The average Bonchev–Trinajstić information content (AvgIpc) is 2.52. The lowest BCUT2D eigenvalue weighted by Crippen LogP contribution is -2.00. The molecule has 0 fully saturated rings. The van der Waals surface area contributed by atoms with Crippen molar-refractivity contribution in [3.8, 4) is 5.75 Å². The molecule has 0 spiro atoms. The average molecular weight is 298 g/mol. The molecule has 0 aliphatic rings.